The third-order valence-electron chi connectivity index (χ3n) is 3.75. The lowest BCUT2D eigenvalue weighted by Gasteiger charge is -2.17. The van der Waals surface area contributed by atoms with Crippen LogP contribution in [0.25, 0.3) is 6.08 Å². The molecule has 2 aromatic carbocycles. The fourth-order valence-electron chi connectivity index (χ4n) is 2.24. The van der Waals surface area contributed by atoms with E-state index in [4.69, 9.17) is 4.74 Å². The molecule has 0 heterocycles. The van der Waals surface area contributed by atoms with Gasteiger partial charge in [-0.05, 0) is 29.3 Å². The second kappa shape index (κ2) is 10.5. The topological polar surface area (TPSA) is 92.8 Å². The first kappa shape index (κ1) is 22.3. The van der Waals surface area contributed by atoms with Gasteiger partial charge in [0.05, 0.1) is 0 Å². The number of ether oxygens (including phenoxy) is 1. The number of benzene rings is 2. The predicted octanol–water partition coefficient (Wildman–Crippen LogP) is 1.92. The van der Waals surface area contributed by atoms with E-state index in [1.807, 2.05) is 0 Å². The number of halogens is 1. The molecule has 0 bridgehead atoms. The van der Waals surface area contributed by atoms with Crippen LogP contribution in [0.1, 0.15) is 11.1 Å². The Morgan fingerprint density at radius 2 is 1.86 bits per heavy atom. The van der Waals surface area contributed by atoms with Gasteiger partial charge in [0.25, 0.3) is 5.91 Å². The average Bonchev–Trinajstić information content (AvgIpc) is 2.70. The molecule has 0 aliphatic heterocycles. The average molecular weight is 420 g/mol. The van der Waals surface area contributed by atoms with E-state index in [1.54, 1.807) is 36.4 Å². The van der Waals surface area contributed by atoms with Gasteiger partial charge >= 0.3 is 5.97 Å². The molecule has 154 valence electrons. The van der Waals surface area contributed by atoms with Crippen molar-refractivity contribution in [3.63, 3.8) is 0 Å². The van der Waals surface area contributed by atoms with Crippen molar-refractivity contribution in [3.05, 3.63) is 76.9 Å². The first-order valence-electron chi connectivity index (χ1n) is 8.62. The van der Waals surface area contributed by atoms with E-state index in [-0.39, 0.29) is 6.54 Å². The minimum absolute atomic E-state index is 0.144. The summed E-state index contributed by atoms with van der Waals surface area (Å²) in [6.07, 6.45) is 1.39. The van der Waals surface area contributed by atoms with Crippen molar-refractivity contribution in [1.29, 1.82) is 0 Å². The van der Waals surface area contributed by atoms with Crippen LogP contribution in [0.2, 0.25) is 0 Å². The van der Waals surface area contributed by atoms with Crippen molar-refractivity contribution in [1.82, 2.24) is 9.62 Å². The van der Waals surface area contributed by atoms with E-state index in [1.165, 1.54) is 36.2 Å². The molecule has 0 saturated heterocycles. The number of hydrogen-bond donors (Lipinski definition) is 1. The lowest BCUT2D eigenvalue weighted by molar-refractivity contribution is -0.150. The van der Waals surface area contributed by atoms with Gasteiger partial charge in [-0.25, -0.2) is 17.5 Å². The SMILES string of the molecule is CN(Cc1cccc(F)c1)C(=O)COC(=O)CNS(=O)(=O)/C=C/c1ccccc1. The zero-order chi connectivity index (χ0) is 21.3. The molecule has 1 amide bonds. The van der Waals surface area contributed by atoms with E-state index >= 15 is 0 Å². The highest BCUT2D eigenvalue weighted by Gasteiger charge is 2.14. The van der Waals surface area contributed by atoms with Gasteiger partial charge in [0.1, 0.15) is 12.4 Å². The first-order chi connectivity index (χ1) is 13.7. The molecule has 9 heteroatoms. The zero-order valence-corrected chi connectivity index (χ0v) is 16.6. The summed E-state index contributed by atoms with van der Waals surface area (Å²) < 4.78 is 43.8. The minimum Gasteiger partial charge on any atom is -0.455 e. The molecule has 0 aliphatic rings. The van der Waals surface area contributed by atoms with Crippen LogP contribution in [0.4, 0.5) is 4.39 Å². The third kappa shape index (κ3) is 8.24. The number of amides is 1. The van der Waals surface area contributed by atoms with E-state index in [9.17, 15) is 22.4 Å². The molecule has 0 aromatic heterocycles. The number of nitrogens with zero attached hydrogens (tertiary/aromatic N) is 1. The largest absolute Gasteiger partial charge is 0.455 e. The first-order valence-corrected chi connectivity index (χ1v) is 10.2. The van der Waals surface area contributed by atoms with Gasteiger partial charge in [-0.3, -0.25) is 9.59 Å². The van der Waals surface area contributed by atoms with Gasteiger partial charge in [-0.2, -0.15) is 0 Å². The zero-order valence-electron chi connectivity index (χ0n) is 15.7. The van der Waals surface area contributed by atoms with Crippen molar-refractivity contribution in [2.45, 2.75) is 6.54 Å². The van der Waals surface area contributed by atoms with Crippen LogP contribution in [0.3, 0.4) is 0 Å². The fourth-order valence-corrected chi connectivity index (χ4v) is 2.99. The smallest absolute Gasteiger partial charge is 0.321 e. The number of rotatable bonds is 9. The van der Waals surface area contributed by atoms with Gasteiger partial charge in [0.15, 0.2) is 6.61 Å². The second-order valence-corrected chi connectivity index (χ2v) is 7.77. The van der Waals surface area contributed by atoms with Crippen LogP contribution in [0.5, 0.6) is 0 Å². The van der Waals surface area contributed by atoms with Crippen LogP contribution in [0.15, 0.2) is 60.0 Å². The molecule has 0 aliphatic carbocycles. The molecule has 0 saturated carbocycles. The number of carbonyl (C=O) groups excluding carboxylic acids is 2. The highest BCUT2D eigenvalue weighted by atomic mass is 32.2. The number of nitrogens with one attached hydrogen (secondary N) is 1. The predicted molar refractivity (Wildman–Crippen MR) is 106 cm³/mol. The Bertz CT molecular complexity index is 977. The van der Waals surface area contributed by atoms with Crippen molar-refractivity contribution in [2.24, 2.45) is 0 Å². The van der Waals surface area contributed by atoms with Gasteiger partial charge in [-0.15, -0.1) is 0 Å². The fraction of sp³-hybridized carbons (Fsp3) is 0.200. The Morgan fingerprint density at radius 3 is 2.55 bits per heavy atom. The summed E-state index contributed by atoms with van der Waals surface area (Å²) in [7, 11) is -2.35. The molecule has 1 N–H and O–H groups in total. The number of likely N-dealkylation sites (N-methyl/N-ethyl adjacent to an activating group) is 1. The molecule has 0 fully saturated rings. The van der Waals surface area contributed by atoms with Crippen molar-refractivity contribution < 1.29 is 27.1 Å². The second-order valence-electron chi connectivity index (χ2n) is 6.12. The monoisotopic (exact) mass is 420 g/mol. The summed E-state index contributed by atoms with van der Waals surface area (Å²) >= 11 is 0. The van der Waals surface area contributed by atoms with Crippen LogP contribution in [-0.4, -0.2) is 45.4 Å². The Balaban J connectivity index is 1.75. The molecule has 0 spiro atoms. The van der Waals surface area contributed by atoms with Crippen molar-refractivity contribution in [3.8, 4) is 0 Å². The van der Waals surface area contributed by atoms with E-state index in [2.05, 4.69) is 4.72 Å². The number of carbonyl (C=O) groups is 2. The molecule has 0 atom stereocenters. The highest BCUT2D eigenvalue weighted by molar-refractivity contribution is 7.92. The molecular formula is C20H21FN2O5S. The van der Waals surface area contributed by atoms with Crippen molar-refractivity contribution >= 4 is 28.0 Å². The van der Waals surface area contributed by atoms with Crippen LogP contribution in [-0.2, 0) is 30.9 Å². The molecule has 29 heavy (non-hydrogen) atoms. The Hall–Kier alpha value is -3.04. The van der Waals surface area contributed by atoms with Gasteiger partial charge in [-0.1, -0.05) is 42.5 Å². The summed E-state index contributed by atoms with van der Waals surface area (Å²) in [6.45, 7) is -1.01. The van der Waals surface area contributed by atoms with Crippen LogP contribution >= 0.6 is 0 Å². The summed E-state index contributed by atoms with van der Waals surface area (Å²) in [5.41, 5.74) is 1.28. The molecule has 7 nitrogen and oxygen atoms in total. The Kier molecular flexibility index (Phi) is 8.05. The van der Waals surface area contributed by atoms with Crippen LogP contribution in [0, 0.1) is 5.82 Å². The number of sulfonamides is 1. The van der Waals surface area contributed by atoms with Gasteiger partial charge in [0.2, 0.25) is 10.0 Å². The molecular weight excluding hydrogens is 399 g/mol. The Morgan fingerprint density at radius 1 is 1.14 bits per heavy atom. The van der Waals surface area contributed by atoms with E-state index in [0.717, 1.165) is 5.41 Å². The summed E-state index contributed by atoms with van der Waals surface area (Å²) in [4.78, 5) is 25.0. The lowest BCUT2D eigenvalue weighted by atomic mass is 10.2. The summed E-state index contributed by atoms with van der Waals surface area (Å²) in [5, 5.41) is 0.938. The third-order valence-corrected chi connectivity index (χ3v) is 4.79. The summed E-state index contributed by atoms with van der Waals surface area (Å²) in [6, 6.07) is 14.6. The Labute approximate surface area is 168 Å². The maximum absolute atomic E-state index is 13.2. The number of esters is 1. The quantitative estimate of drug-likeness (QED) is 0.626. The molecule has 0 radical (unpaired) electrons. The van der Waals surface area contributed by atoms with Crippen LogP contribution < -0.4 is 4.72 Å². The van der Waals surface area contributed by atoms with Crippen molar-refractivity contribution in [2.75, 3.05) is 20.2 Å². The highest BCUT2D eigenvalue weighted by Crippen LogP contribution is 2.06. The summed E-state index contributed by atoms with van der Waals surface area (Å²) in [5.74, 6) is -1.81. The molecule has 0 unspecified atom stereocenters. The lowest BCUT2D eigenvalue weighted by Crippen LogP contribution is -2.34. The minimum atomic E-state index is -3.84. The molecule has 2 aromatic rings. The standard InChI is InChI=1S/C20H21FN2O5S/c1-23(14-17-8-5-9-18(21)12-17)19(24)15-28-20(25)13-22-29(26,27)11-10-16-6-3-2-4-7-16/h2-12,22H,13-15H2,1H3/b11-10+. The normalized spacial score (nSPS) is 11.4. The maximum Gasteiger partial charge on any atom is 0.321 e. The maximum atomic E-state index is 13.2. The van der Waals surface area contributed by atoms with Gasteiger partial charge in [0, 0.05) is 19.0 Å². The number of hydrogen-bond acceptors (Lipinski definition) is 5. The van der Waals surface area contributed by atoms with E-state index < -0.39 is 40.9 Å². The van der Waals surface area contributed by atoms with E-state index in [0.29, 0.717) is 11.1 Å². The van der Waals surface area contributed by atoms with Gasteiger partial charge < -0.3 is 9.64 Å². The molecule has 2 rings (SSSR count).